The quantitative estimate of drug-likeness (QED) is 0.312. The Labute approximate surface area is 178 Å². The highest BCUT2D eigenvalue weighted by Gasteiger charge is 2.16. The van der Waals surface area contributed by atoms with Crippen LogP contribution in [0.25, 0.3) is 10.1 Å². The van der Waals surface area contributed by atoms with Gasteiger partial charge in [0.15, 0.2) is 6.61 Å². The maximum Gasteiger partial charge on any atom is 0.344 e. The predicted molar refractivity (Wildman–Crippen MR) is 119 cm³/mol. The van der Waals surface area contributed by atoms with E-state index in [2.05, 4.69) is 5.32 Å². The molecule has 3 rings (SSSR count). The Morgan fingerprint density at radius 2 is 1.80 bits per heavy atom. The maximum atomic E-state index is 12.6. The molecule has 8 heteroatoms. The lowest BCUT2D eigenvalue weighted by Crippen LogP contribution is -2.27. The number of rotatable bonds is 6. The van der Waals surface area contributed by atoms with E-state index in [1.54, 1.807) is 63.2 Å². The molecule has 0 bridgehead atoms. The summed E-state index contributed by atoms with van der Waals surface area (Å²) in [6, 6.07) is 13.9. The smallest absolute Gasteiger partial charge is 0.344 e. The van der Waals surface area contributed by atoms with Crippen molar-refractivity contribution in [1.29, 1.82) is 5.41 Å². The van der Waals surface area contributed by atoms with Crippen LogP contribution >= 0.6 is 11.3 Å². The molecule has 0 fully saturated rings. The average molecular weight is 426 g/mol. The molecular weight excluding hydrogens is 402 g/mol. The number of fused-ring (bicyclic) bond motifs is 1. The first-order chi connectivity index (χ1) is 14.1. The fourth-order valence-corrected chi connectivity index (χ4v) is 3.60. The Bertz CT molecular complexity index is 1100. The van der Waals surface area contributed by atoms with E-state index < -0.39 is 11.6 Å². The summed E-state index contributed by atoms with van der Waals surface area (Å²) in [5.41, 5.74) is 6.18. The Morgan fingerprint density at radius 3 is 2.43 bits per heavy atom. The highest BCUT2D eigenvalue weighted by molar-refractivity contribution is 7.20. The van der Waals surface area contributed by atoms with Crippen LogP contribution in [0.5, 0.6) is 5.75 Å². The minimum absolute atomic E-state index is 0.0110. The van der Waals surface area contributed by atoms with Crippen molar-refractivity contribution in [2.24, 2.45) is 5.73 Å². The van der Waals surface area contributed by atoms with Crippen molar-refractivity contribution in [1.82, 2.24) is 0 Å². The van der Waals surface area contributed by atoms with Crippen LogP contribution in [0.1, 0.15) is 36.0 Å². The van der Waals surface area contributed by atoms with Gasteiger partial charge in [-0.3, -0.25) is 10.2 Å². The molecule has 0 saturated heterocycles. The van der Waals surface area contributed by atoms with Crippen LogP contribution in [0.15, 0.2) is 48.5 Å². The van der Waals surface area contributed by atoms with Crippen LogP contribution in [0, 0.1) is 5.41 Å². The van der Waals surface area contributed by atoms with Gasteiger partial charge in [-0.05, 0) is 74.7 Å². The van der Waals surface area contributed by atoms with Crippen molar-refractivity contribution in [3.8, 4) is 5.75 Å². The maximum absolute atomic E-state index is 12.6. The van der Waals surface area contributed by atoms with Crippen molar-refractivity contribution in [2.75, 3.05) is 11.9 Å². The lowest BCUT2D eigenvalue weighted by molar-refractivity contribution is -0.157. The van der Waals surface area contributed by atoms with E-state index in [1.165, 1.54) is 11.3 Å². The molecule has 0 aliphatic carbocycles. The topological polar surface area (TPSA) is 114 Å². The number of carbonyl (C=O) groups excluding carboxylic acids is 2. The van der Waals surface area contributed by atoms with Crippen LogP contribution in [0.2, 0.25) is 0 Å². The first-order valence-electron chi connectivity index (χ1n) is 9.25. The van der Waals surface area contributed by atoms with E-state index in [9.17, 15) is 9.59 Å². The summed E-state index contributed by atoms with van der Waals surface area (Å²) in [5, 5.41) is 11.2. The first-order valence-corrected chi connectivity index (χ1v) is 10.1. The second-order valence-corrected chi connectivity index (χ2v) is 8.71. The number of amides is 1. The van der Waals surface area contributed by atoms with Gasteiger partial charge in [0.1, 0.15) is 17.2 Å². The number of thiophene rings is 1. The zero-order valence-corrected chi connectivity index (χ0v) is 17.8. The number of nitrogen functional groups attached to an aromatic ring is 1. The summed E-state index contributed by atoms with van der Waals surface area (Å²) in [6.45, 7) is 5.19. The molecule has 0 atom stereocenters. The molecule has 0 unspecified atom stereocenters. The van der Waals surface area contributed by atoms with Crippen molar-refractivity contribution in [3.63, 3.8) is 0 Å². The third kappa shape index (κ3) is 5.57. The highest BCUT2D eigenvalue weighted by Crippen LogP contribution is 2.27. The van der Waals surface area contributed by atoms with Gasteiger partial charge in [-0.25, -0.2) is 4.79 Å². The molecule has 7 nitrogen and oxygen atoms in total. The number of carbonyl (C=O) groups is 2. The first kappa shape index (κ1) is 21.3. The van der Waals surface area contributed by atoms with E-state index in [4.69, 9.17) is 20.6 Å². The van der Waals surface area contributed by atoms with Gasteiger partial charge in [-0.15, -0.1) is 11.3 Å². The van der Waals surface area contributed by atoms with Crippen molar-refractivity contribution in [3.05, 3.63) is 59.0 Å². The highest BCUT2D eigenvalue weighted by atomic mass is 32.1. The number of nitrogens with two attached hydrogens (primary N) is 1. The van der Waals surface area contributed by atoms with Gasteiger partial charge in [0.2, 0.25) is 0 Å². The molecule has 0 aliphatic rings. The normalized spacial score (nSPS) is 11.2. The van der Waals surface area contributed by atoms with Crippen LogP contribution in [0.3, 0.4) is 0 Å². The van der Waals surface area contributed by atoms with Crippen LogP contribution < -0.4 is 15.8 Å². The standard InChI is InChI=1S/C22H23N3O4S/c1-22(2,3)29-19(26)12-28-16-7-5-15(6-8-16)25-21(27)18-11-14-10-13(20(23)24)4-9-17(14)30-18/h4-11H,12H2,1-3H3,(H3,23,24)(H,25,27). The SMILES string of the molecule is CC(C)(C)OC(=O)COc1ccc(NC(=O)c2cc3cc(C(=N)N)ccc3s2)cc1. The fraction of sp³-hybridized carbons (Fsp3) is 0.227. The molecule has 1 amide bonds. The fourth-order valence-electron chi connectivity index (χ4n) is 2.66. The second kappa shape index (κ2) is 8.54. The summed E-state index contributed by atoms with van der Waals surface area (Å²) >= 11 is 1.36. The van der Waals surface area contributed by atoms with E-state index in [-0.39, 0.29) is 18.3 Å². The van der Waals surface area contributed by atoms with Gasteiger partial charge in [-0.2, -0.15) is 0 Å². The van der Waals surface area contributed by atoms with Gasteiger partial charge in [0.05, 0.1) is 4.88 Å². The van der Waals surface area contributed by atoms with Gasteiger partial charge in [-0.1, -0.05) is 0 Å². The average Bonchev–Trinajstić information content (AvgIpc) is 3.09. The van der Waals surface area contributed by atoms with Gasteiger partial charge < -0.3 is 20.5 Å². The van der Waals surface area contributed by atoms with E-state index in [0.717, 1.165) is 10.1 Å². The number of amidine groups is 1. The minimum atomic E-state index is -0.561. The number of hydrogen-bond donors (Lipinski definition) is 3. The molecule has 1 heterocycles. The zero-order chi connectivity index (χ0) is 21.9. The zero-order valence-electron chi connectivity index (χ0n) is 16.9. The van der Waals surface area contributed by atoms with Crippen molar-refractivity contribution < 1.29 is 19.1 Å². The Balaban J connectivity index is 1.61. The predicted octanol–water partition coefficient (Wildman–Crippen LogP) is 4.16. The lowest BCUT2D eigenvalue weighted by Gasteiger charge is -2.19. The molecule has 0 spiro atoms. The van der Waals surface area contributed by atoms with Gasteiger partial charge in [0, 0.05) is 16.0 Å². The monoisotopic (exact) mass is 425 g/mol. The number of hydrogen-bond acceptors (Lipinski definition) is 6. The molecule has 30 heavy (non-hydrogen) atoms. The largest absolute Gasteiger partial charge is 0.482 e. The lowest BCUT2D eigenvalue weighted by atomic mass is 10.1. The summed E-state index contributed by atoms with van der Waals surface area (Å²) in [5.74, 6) is -0.193. The van der Waals surface area contributed by atoms with Crippen molar-refractivity contribution >= 4 is 44.8 Å². The second-order valence-electron chi connectivity index (χ2n) is 7.63. The Morgan fingerprint density at radius 1 is 1.10 bits per heavy atom. The van der Waals surface area contributed by atoms with E-state index in [1.807, 2.05) is 6.07 Å². The number of esters is 1. The molecule has 2 aromatic carbocycles. The minimum Gasteiger partial charge on any atom is -0.482 e. The van der Waals surface area contributed by atoms with E-state index >= 15 is 0 Å². The van der Waals surface area contributed by atoms with Gasteiger partial charge >= 0.3 is 5.97 Å². The third-order valence-corrected chi connectivity index (χ3v) is 5.05. The molecule has 3 aromatic rings. The molecule has 0 radical (unpaired) electrons. The third-order valence-electron chi connectivity index (χ3n) is 3.94. The molecule has 0 aliphatic heterocycles. The molecule has 1 aromatic heterocycles. The number of nitrogens with one attached hydrogen (secondary N) is 2. The van der Waals surface area contributed by atoms with Gasteiger partial charge in [0.25, 0.3) is 5.91 Å². The van der Waals surface area contributed by atoms with Crippen LogP contribution in [-0.2, 0) is 9.53 Å². The summed E-state index contributed by atoms with van der Waals surface area (Å²) in [4.78, 5) is 24.8. The van der Waals surface area contributed by atoms with E-state index in [0.29, 0.717) is 21.9 Å². The summed E-state index contributed by atoms with van der Waals surface area (Å²) < 4.78 is 11.5. The van der Waals surface area contributed by atoms with Crippen molar-refractivity contribution in [2.45, 2.75) is 26.4 Å². The van der Waals surface area contributed by atoms with Crippen LogP contribution in [0.4, 0.5) is 5.69 Å². The number of anilines is 1. The Hall–Kier alpha value is -3.39. The summed E-state index contributed by atoms with van der Waals surface area (Å²) in [7, 11) is 0. The number of ether oxygens (including phenoxy) is 2. The molecule has 0 saturated carbocycles. The molecule has 4 N–H and O–H groups in total. The molecular formula is C22H23N3O4S. The van der Waals surface area contributed by atoms with Crippen LogP contribution in [-0.4, -0.2) is 29.9 Å². The Kier molecular flexibility index (Phi) is 6.07. The summed E-state index contributed by atoms with van der Waals surface area (Å²) in [6.07, 6.45) is 0. The number of benzene rings is 2. The molecule has 156 valence electrons.